The van der Waals surface area contributed by atoms with Crippen LogP contribution < -0.4 is 14.8 Å². The Morgan fingerprint density at radius 2 is 1.83 bits per heavy atom. The third-order valence-corrected chi connectivity index (χ3v) is 7.37. The lowest BCUT2D eigenvalue weighted by Gasteiger charge is -2.31. The van der Waals surface area contributed by atoms with Crippen molar-refractivity contribution in [2.24, 2.45) is 0 Å². The molecule has 196 valence electrons. The van der Waals surface area contributed by atoms with Crippen LogP contribution in [0.3, 0.4) is 0 Å². The topological polar surface area (TPSA) is 67.9 Å². The molecule has 0 aliphatic heterocycles. The predicted molar refractivity (Wildman–Crippen MR) is 146 cm³/mol. The molecule has 0 radical (unpaired) electrons. The van der Waals surface area contributed by atoms with Gasteiger partial charge in [0.25, 0.3) is 5.91 Å². The number of rotatable bonds is 9. The summed E-state index contributed by atoms with van der Waals surface area (Å²) < 4.78 is 12.1. The van der Waals surface area contributed by atoms with Gasteiger partial charge in [-0.25, -0.2) is 0 Å². The number of amides is 2. The van der Waals surface area contributed by atoms with Crippen LogP contribution >= 0.6 is 15.9 Å². The van der Waals surface area contributed by atoms with E-state index >= 15 is 0 Å². The van der Waals surface area contributed by atoms with Crippen LogP contribution in [0.25, 0.3) is 0 Å². The summed E-state index contributed by atoms with van der Waals surface area (Å²) in [4.78, 5) is 28.2. The maximum absolute atomic E-state index is 13.4. The number of nitrogens with zero attached hydrogens (tertiary/aromatic N) is 1. The van der Waals surface area contributed by atoms with Crippen molar-refractivity contribution in [3.63, 3.8) is 0 Å². The fourth-order valence-electron chi connectivity index (χ4n) is 4.43. The Bertz CT molecular complexity index is 1040. The second kappa shape index (κ2) is 12.6. The van der Waals surface area contributed by atoms with Crippen molar-refractivity contribution in [3.8, 4) is 11.5 Å². The van der Waals surface area contributed by atoms with E-state index in [0.717, 1.165) is 35.7 Å². The second-order valence-electron chi connectivity index (χ2n) is 10.6. The van der Waals surface area contributed by atoms with E-state index in [9.17, 15) is 9.59 Å². The summed E-state index contributed by atoms with van der Waals surface area (Å²) in [5, 5.41) is 3.16. The van der Waals surface area contributed by atoms with Gasteiger partial charge in [-0.2, -0.15) is 0 Å². The standard InChI is InChI=1S/C29H39BrN2O4/c1-20(28(34)31-23-11-7-6-8-12-23)32(18-21-10-9-13-24(16-21)35-5)27(33)19-36-26-15-14-22(17-25(26)30)29(2,3)4/h9-10,13-17,20,23H,6-8,11-12,18-19H2,1-5H3,(H,31,34)/t20-/m0/s1. The molecule has 2 aromatic rings. The fraction of sp³-hybridized carbons (Fsp3) is 0.517. The lowest BCUT2D eigenvalue weighted by molar-refractivity contribution is -0.142. The van der Waals surface area contributed by atoms with Crippen molar-refractivity contribution in [1.82, 2.24) is 10.2 Å². The summed E-state index contributed by atoms with van der Waals surface area (Å²) in [6.07, 6.45) is 5.45. The lowest BCUT2D eigenvalue weighted by atomic mass is 9.87. The zero-order valence-corrected chi connectivity index (χ0v) is 23.7. The van der Waals surface area contributed by atoms with Gasteiger partial charge in [0.1, 0.15) is 17.5 Å². The summed E-state index contributed by atoms with van der Waals surface area (Å²) in [5.41, 5.74) is 2.06. The van der Waals surface area contributed by atoms with Gasteiger partial charge >= 0.3 is 0 Å². The first-order valence-corrected chi connectivity index (χ1v) is 13.5. The van der Waals surface area contributed by atoms with E-state index in [2.05, 4.69) is 42.0 Å². The van der Waals surface area contributed by atoms with E-state index in [1.165, 1.54) is 12.0 Å². The van der Waals surface area contributed by atoms with E-state index in [1.807, 2.05) is 42.5 Å². The van der Waals surface area contributed by atoms with Crippen molar-refractivity contribution < 1.29 is 19.1 Å². The SMILES string of the molecule is COc1cccc(CN(C(=O)COc2ccc(C(C)(C)C)cc2Br)[C@@H](C)C(=O)NC2CCCCC2)c1. The fourth-order valence-corrected chi connectivity index (χ4v) is 4.92. The summed E-state index contributed by atoms with van der Waals surface area (Å²) in [6.45, 7) is 8.34. The molecule has 0 spiro atoms. The Morgan fingerprint density at radius 1 is 1.11 bits per heavy atom. The molecule has 0 saturated heterocycles. The number of carbonyl (C=O) groups is 2. The Balaban J connectivity index is 1.75. The molecule has 1 atom stereocenters. The summed E-state index contributed by atoms with van der Waals surface area (Å²) in [5.74, 6) is 0.917. The molecule has 0 aromatic heterocycles. The van der Waals surface area contributed by atoms with Gasteiger partial charge in [0.05, 0.1) is 11.6 Å². The summed E-state index contributed by atoms with van der Waals surface area (Å²) >= 11 is 3.58. The van der Waals surface area contributed by atoms with Crippen LogP contribution in [0.15, 0.2) is 46.9 Å². The zero-order chi connectivity index (χ0) is 26.3. The largest absolute Gasteiger partial charge is 0.497 e. The number of nitrogens with one attached hydrogen (secondary N) is 1. The molecule has 1 N–H and O–H groups in total. The van der Waals surface area contributed by atoms with Crippen molar-refractivity contribution in [3.05, 3.63) is 58.1 Å². The molecule has 1 aliphatic carbocycles. The maximum atomic E-state index is 13.4. The average Bonchev–Trinajstić information content (AvgIpc) is 2.86. The van der Waals surface area contributed by atoms with Crippen LogP contribution in [0.4, 0.5) is 0 Å². The van der Waals surface area contributed by atoms with Gasteiger partial charge in [-0.05, 0) is 76.5 Å². The highest BCUT2D eigenvalue weighted by molar-refractivity contribution is 9.10. The van der Waals surface area contributed by atoms with Crippen LogP contribution in [0.5, 0.6) is 11.5 Å². The number of benzene rings is 2. The predicted octanol–water partition coefficient (Wildman–Crippen LogP) is 6.00. The molecule has 2 amide bonds. The number of methoxy groups -OCH3 is 1. The van der Waals surface area contributed by atoms with Crippen LogP contribution in [0.2, 0.25) is 0 Å². The van der Waals surface area contributed by atoms with E-state index in [1.54, 1.807) is 18.9 Å². The van der Waals surface area contributed by atoms with Crippen LogP contribution in [-0.4, -0.2) is 42.5 Å². The average molecular weight is 560 g/mol. The molecule has 0 heterocycles. The second-order valence-corrected chi connectivity index (χ2v) is 11.4. The van der Waals surface area contributed by atoms with Gasteiger partial charge in [-0.3, -0.25) is 9.59 Å². The molecule has 0 unspecified atom stereocenters. The van der Waals surface area contributed by atoms with Crippen LogP contribution in [-0.2, 0) is 21.5 Å². The van der Waals surface area contributed by atoms with Crippen molar-refractivity contribution in [1.29, 1.82) is 0 Å². The lowest BCUT2D eigenvalue weighted by Crippen LogP contribution is -2.51. The summed E-state index contributed by atoms with van der Waals surface area (Å²) in [7, 11) is 1.61. The molecular formula is C29H39BrN2O4. The monoisotopic (exact) mass is 558 g/mol. The quantitative estimate of drug-likeness (QED) is 0.409. The van der Waals surface area contributed by atoms with Crippen molar-refractivity contribution in [2.45, 2.75) is 83.8 Å². The number of carbonyl (C=O) groups excluding carboxylic acids is 2. The molecule has 6 nitrogen and oxygen atoms in total. The van der Waals surface area contributed by atoms with E-state index in [4.69, 9.17) is 9.47 Å². The van der Waals surface area contributed by atoms with Gasteiger partial charge in [-0.15, -0.1) is 0 Å². The highest BCUT2D eigenvalue weighted by Gasteiger charge is 2.28. The Hall–Kier alpha value is -2.54. The highest BCUT2D eigenvalue weighted by Crippen LogP contribution is 2.31. The van der Waals surface area contributed by atoms with Gasteiger partial charge < -0.3 is 19.7 Å². The van der Waals surface area contributed by atoms with Gasteiger partial charge in [0, 0.05) is 12.6 Å². The summed E-state index contributed by atoms with van der Waals surface area (Å²) in [6, 6.07) is 13.0. The smallest absolute Gasteiger partial charge is 0.261 e. The molecule has 3 rings (SSSR count). The van der Waals surface area contributed by atoms with E-state index < -0.39 is 6.04 Å². The van der Waals surface area contributed by atoms with Crippen LogP contribution in [0.1, 0.15) is 70.9 Å². The number of ether oxygens (including phenoxy) is 2. The third-order valence-electron chi connectivity index (χ3n) is 6.75. The van der Waals surface area contributed by atoms with Crippen LogP contribution in [0, 0.1) is 0 Å². The third kappa shape index (κ3) is 7.73. The minimum atomic E-state index is -0.638. The minimum absolute atomic E-state index is 0.00549. The molecule has 1 saturated carbocycles. The highest BCUT2D eigenvalue weighted by atomic mass is 79.9. The Kier molecular flexibility index (Phi) is 9.83. The molecular weight excluding hydrogens is 520 g/mol. The number of halogens is 1. The first-order chi connectivity index (χ1) is 17.1. The molecule has 1 fully saturated rings. The number of hydrogen-bond donors (Lipinski definition) is 1. The normalized spacial score (nSPS) is 15.2. The maximum Gasteiger partial charge on any atom is 0.261 e. The molecule has 7 heteroatoms. The Labute approximate surface area is 223 Å². The molecule has 36 heavy (non-hydrogen) atoms. The van der Waals surface area contributed by atoms with Gasteiger partial charge in [0.2, 0.25) is 5.91 Å². The van der Waals surface area contributed by atoms with E-state index in [-0.39, 0.29) is 36.4 Å². The zero-order valence-electron chi connectivity index (χ0n) is 22.1. The first kappa shape index (κ1) is 28.0. The minimum Gasteiger partial charge on any atom is -0.497 e. The van der Waals surface area contributed by atoms with Gasteiger partial charge in [-0.1, -0.05) is 58.2 Å². The number of hydrogen-bond acceptors (Lipinski definition) is 4. The molecule has 2 aromatic carbocycles. The van der Waals surface area contributed by atoms with Crippen molar-refractivity contribution >= 4 is 27.7 Å². The van der Waals surface area contributed by atoms with E-state index in [0.29, 0.717) is 11.5 Å². The van der Waals surface area contributed by atoms with Gasteiger partial charge in [0.15, 0.2) is 6.61 Å². The molecule has 1 aliphatic rings. The Morgan fingerprint density at radius 3 is 2.47 bits per heavy atom. The van der Waals surface area contributed by atoms with Crippen molar-refractivity contribution in [2.75, 3.05) is 13.7 Å². The molecule has 0 bridgehead atoms. The first-order valence-electron chi connectivity index (χ1n) is 12.7.